The molecular formula is C14H20N4O5. The van der Waals surface area contributed by atoms with Crippen molar-refractivity contribution in [1.82, 2.24) is 5.32 Å². The highest BCUT2D eigenvalue weighted by molar-refractivity contribution is 5.90. The maximum atomic E-state index is 12.2. The highest BCUT2D eigenvalue weighted by atomic mass is 16.8. The van der Waals surface area contributed by atoms with Gasteiger partial charge in [0.25, 0.3) is 0 Å². The van der Waals surface area contributed by atoms with Crippen LogP contribution in [-0.2, 0) is 23.8 Å². The zero-order valence-corrected chi connectivity index (χ0v) is 13.5. The lowest BCUT2D eigenvalue weighted by atomic mass is 9.86. The lowest BCUT2D eigenvalue weighted by Crippen LogP contribution is -2.56. The van der Waals surface area contributed by atoms with Gasteiger partial charge in [-0.3, -0.25) is 4.79 Å². The van der Waals surface area contributed by atoms with E-state index in [-0.39, 0.29) is 18.1 Å². The van der Waals surface area contributed by atoms with Crippen molar-refractivity contribution in [2.75, 3.05) is 6.61 Å². The second-order valence-electron chi connectivity index (χ2n) is 5.79. The lowest BCUT2D eigenvalue weighted by Gasteiger charge is -2.34. The van der Waals surface area contributed by atoms with Gasteiger partial charge in [-0.2, -0.15) is 0 Å². The Morgan fingerprint density at radius 1 is 1.48 bits per heavy atom. The topological polar surface area (TPSA) is 123 Å². The Hall–Kier alpha value is -2.09. The Bertz CT molecular complexity index is 582. The molecular weight excluding hydrogens is 304 g/mol. The summed E-state index contributed by atoms with van der Waals surface area (Å²) in [4.78, 5) is 26.4. The average molecular weight is 324 g/mol. The Morgan fingerprint density at radius 3 is 2.74 bits per heavy atom. The number of azide groups is 1. The monoisotopic (exact) mass is 324 g/mol. The van der Waals surface area contributed by atoms with Gasteiger partial charge in [0.2, 0.25) is 5.91 Å². The Morgan fingerprint density at radius 2 is 2.17 bits per heavy atom. The number of esters is 1. The molecule has 0 bridgehead atoms. The number of nitrogens with one attached hydrogen (secondary N) is 1. The standard InChI is InChI=1S/C14H20N4O5/c1-5-21-13(20)8-6-9(17-18-15)10(16-7(2)19)12-11(8)22-14(3,4)23-12/h6,9-12H,5H2,1-4H3,(H,16,19)/t9-,10-,11-,12+/m1/s1. The van der Waals surface area contributed by atoms with Gasteiger partial charge in [0, 0.05) is 11.8 Å². The predicted molar refractivity (Wildman–Crippen MR) is 79.1 cm³/mol. The summed E-state index contributed by atoms with van der Waals surface area (Å²) in [6, 6.07) is -1.41. The van der Waals surface area contributed by atoms with Gasteiger partial charge in [-0.05, 0) is 26.3 Å². The molecule has 2 rings (SSSR count). The van der Waals surface area contributed by atoms with Crippen molar-refractivity contribution in [3.63, 3.8) is 0 Å². The molecule has 1 N–H and O–H groups in total. The molecule has 9 heteroatoms. The third-order valence-corrected chi connectivity index (χ3v) is 3.57. The summed E-state index contributed by atoms with van der Waals surface area (Å²) in [5.41, 5.74) is 9.01. The second kappa shape index (κ2) is 6.57. The molecule has 9 nitrogen and oxygen atoms in total. The molecule has 1 aliphatic heterocycles. The number of rotatable bonds is 4. The molecule has 0 spiro atoms. The van der Waals surface area contributed by atoms with Gasteiger partial charge in [-0.25, -0.2) is 4.79 Å². The zero-order valence-electron chi connectivity index (χ0n) is 13.5. The predicted octanol–water partition coefficient (Wildman–Crippen LogP) is 1.19. The number of nitrogens with zero attached hydrogens (tertiary/aromatic N) is 3. The van der Waals surface area contributed by atoms with Crippen molar-refractivity contribution < 1.29 is 23.8 Å². The molecule has 2 aliphatic rings. The van der Waals surface area contributed by atoms with Crippen LogP contribution in [-0.4, -0.2) is 48.6 Å². The Labute approximate surface area is 133 Å². The van der Waals surface area contributed by atoms with Gasteiger partial charge in [0.15, 0.2) is 5.79 Å². The van der Waals surface area contributed by atoms with E-state index < -0.39 is 36.0 Å². The number of ether oxygens (including phenoxy) is 3. The maximum Gasteiger partial charge on any atom is 0.336 e. The van der Waals surface area contributed by atoms with Gasteiger partial charge in [-0.15, -0.1) is 0 Å². The van der Waals surface area contributed by atoms with E-state index in [9.17, 15) is 9.59 Å². The molecule has 0 aromatic rings. The van der Waals surface area contributed by atoms with Crippen LogP contribution in [0.3, 0.4) is 0 Å². The van der Waals surface area contributed by atoms with Crippen LogP contribution in [0.2, 0.25) is 0 Å². The first-order valence-electron chi connectivity index (χ1n) is 7.35. The molecule has 0 saturated carbocycles. The second-order valence-corrected chi connectivity index (χ2v) is 5.79. The first-order valence-corrected chi connectivity index (χ1v) is 7.35. The molecule has 0 aromatic carbocycles. The summed E-state index contributed by atoms with van der Waals surface area (Å²) in [6.07, 6.45) is 0.115. The number of hydrogen-bond acceptors (Lipinski definition) is 6. The quantitative estimate of drug-likeness (QED) is 0.360. The van der Waals surface area contributed by atoms with E-state index in [4.69, 9.17) is 19.7 Å². The van der Waals surface area contributed by atoms with Crippen LogP contribution in [0.4, 0.5) is 0 Å². The molecule has 0 aromatic heterocycles. The van der Waals surface area contributed by atoms with Crippen molar-refractivity contribution in [3.05, 3.63) is 22.1 Å². The number of fused-ring (bicyclic) bond motifs is 1. The average Bonchev–Trinajstić information content (AvgIpc) is 2.76. The minimum Gasteiger partial charge on any atom is -0.463 e. The number of carbonyl (C=O) groups is 2. The lowest BCUT2D eigenvalue weighted by molar-refractivity contribution is -0.150. The van der Waals surface area contributed by atoms with Gasteiger partial charge in [-0.1, -0.05) is 11.2 Å². The first kappa shape index (κ1) is 17.3. The summed E-state index contributed by atoms with van der Waals surface area (Å²) >= 11 is 0. The molecule has 1 aliphatic carbocycles. The van der Waals surface area contributed by atoms with E-state index in [1.165, 1.54) is 13.0 Å². The van der Waals surface area contributed by atoms with Crippen molar-refractivity contribution in [2.24, 2.45) is 5.11 Å². The van der Waals surface area contributed by atoms with Crippen LogP contribution in [0.1, 0.15) is 27.7 Å². The summed E-state index contributed by atoms with van der Waals surface area (Å²) < 4.78 is 16.7. The van der Waals surface area contributed by atoms with E-state index in [1.54, 1.807) is 20.8 Å². The van der Waals surface area contributed by atoms with Crippen LogP contribution in [0.15, 0.2) is 16.8 Å². The summed E-state index contributed by atoms with van der Waals surface area (Å²) in [7, 11) is 0. The van der Waals surface area contributed by atoms with E-state index in [1.807, 2.05) is 0 Å². The molecule has 1 fully saturated rings. The van der Waals surface area contributed by atoms with Crippen molar-refractivity contribution >= 4 is 11.9 Å². The zero-order chi connectivity index (χ0) is 17.2. The smallest absolute Gasteiger partial charge is 0.336 e. The van der Waals surface area contributed by atoms with Crippen LogP contribution in [0, 0.1) is 0 Å². The molecule has 0 radical (unpaired) electrons. The van der Waals surface area contributed by atoms with E-state index in [2.05, 4.69) is 15.3 Å². The van der Waals surface area contributed by atoms with Gasteiger partial charge in [0.05, 0.1) is 24.3 Å². The maximum absolute atomic E-state index is 12.2. The van der Waals surface area contributed by atoms with Crippen molar-refractivity contribution in [2.45, 2.75) is 57.8 Å². The molecule has 1 saturated heterocycles. The van der Waals surface area contributed by atoms with Crippen LogP contribution in [0.25, 0.3) is 10.4 Å². The van der Waals surface area contributed by atoms with Gasteiger partial charge < -0.3 is 19.5 Å². The van der Waals surface area contributed by atoms with Crippen molar-refractivity contribution in [1.29, 1.82) is 0 Å². The Kier molecular flexibility index (Phi) is 4.93. The minimum atomic E-state index is -0.942. The van der Waals surface area contributed by atoms with Crippen molar-refractivity contribution in [3.8, 4) is 0 Å². The highest BCUT2D eigenvalue weighted by Crippen LogP contribution is 2.38. The van der Waals surface area contributed by atoms with E-state index in [0.717, 1.165) is 0 Å². The third-order valence-electron chi connectivity index (χ3n) is 3.57. The SMILES string of the molecule is CCOC(=O)C1=C[C@@H](N=[N+]=[N-])[C@@H](NC(C)=O)[C@@H]2OC(C)(C)O[C@H]12. The van der Waals surface area contributed by atoms with Gasteiger partial charge in [0.1, 0.15) is 12.2 Å². The van der Waals surface area contributed by atoms with E-state index >= 15 is 0 Å². The Balaban J connectivity index is 2.44. The fourth-order valence-corrected chi connectivity index (χ4v) is 2.83. The number of amides is 1. The van der Waals surface area contributed by atoms with Crippen LogP contribution in [0.5, 0.6) is 0 Å². The van der Waals surface area contributed by atoms with Crippen LogP contribution < -0.4 is 5.32 Å². The fourth-order valence-electron chi connectivity index (χ4n) is 2.83. The number of hydrogen-bond donors (Lipinski definition) is 1. The third kappa shape index (κ3) is 3.64. The molecule has 4 atom stereocenters. The molecule has 23 heavy (non-hydrogen) atoms. The summed E-state index contributed by atoms with van der Waals surface area (Å²) in [6.45, 7) is 6.68. The van der Waals surface area contributed by atoms with Gasteiger partial charge >= 0.3 is 5.97 Å². The summed E-state index contributed by atoms with van der Waals surface area (Å²) in [5.74, 6) is -1.79. The molecule has 1 amide bonds. The first-order chi connectivity index (χ1) is 10.8. The van der Waals surface area contributed by atoms with E-state index in [0.29, 0.717) is 0 Å². The molecule has 0 unspecified atom stereocenters. The van der Waals surface area contributed by atoms with Crippen LogP contribution >= 0.6 is 0 Å². The summed E-state index contributed by atoms with van der Waals surface area (Å²) in [5, 5.41) is 6.38. The molecule has 126 valence electrons. The highest BCUT2D eigenvalue weighted by Gasteiger charge is 2.53. The number of carbonyl (C=O) groups excluding carboxylic acids is 2. The normalized spacial score (nSPS) is 31.4. The largest absolute Gasteiger partial charge is 0.463 e. The fraction of sp³-hybridized carbons (Fsp3) is 0.714. The molecule has 1 heterocycles. The minimum absolute atomic E-state index is 0.207.